The Labute approximate surface area is 112 Å². The SMILES string of the molecule is Cc1ccc(C)c(C(C)(C)CNCC(C)(C)N)c1. The second kappa shape index (κ2) is 5.41. The van der Waals surface area contributed by atoms with Crippen LogP contribution in [0.2, 0.25) is 0 Å². The molecule has 0 aliphatic rings. The molecule has 1 aromatic rings. The van der Waals surface area contributed by atoms with E-state index in [1.807, 2.05) is 13.8 Å². The highest BCUT2D eigenvalue weighted by Gasteiger charge is 2.23. The second-order valence-corrected chi connectivity index (χ2v) is 6.79. The van der Waals surface area contributed by atoms with E-state index in [2.05, 4.69) is 51.2 Å². The summed E-state index contributed by atoms with van der Waals surface area (Å²) in [6.45, 7) is 14.8. The van der Waals surface area contributed by atoms with Crippen molar-refractivity contribution >= 4 is 0 Å². The van der Waals surface area contributed by atoms with E-state index in [-0.39, 0.29) is 11.0 Å². The molecule has 18 heavy (non-hydrogen) atoms. The molecule has 0 fully saturated rings. The third kappa shape index (κ3) is 4.43. The van der Waals surface area contributed by atoms with Gasteiger partial charge in [0.15, 0.2) is 0 Å². The fourth-order valence-corrected chi connectivity index (χ4v) is 2.26. The molecule has 1 aromatic carbocycles. The molecule has 0 spiro atoms. The minimum atomic E-state index is -0.155. The Balaban J connectivity index is 2.76. The second-order valence-electron chi connectivity index (χ2n) is 6.79. The first-order valence-electron chi connectivity index (χ1n) is 6.69. The van der Waals surface area contributed by atoms with Crippen LogP contribution < -0.4 is 11.1 Å². The molecule has 0 aliphatic carbocycles. The number of aryl methyl sites for hydroxylation is 2. The van der Waals surface area contributed by atoms with Crippen molar-refractivity contribution in [2.45, 2.75) is 52.5 Å². The lowest BCUT2D eigenvalue weighted by molar-refractivity contribution is 0.410. The van der Waals surface area contributed by atoms with Gasteiger partial charge >= 0.3 is 0 Å². The van der Waals surface area contributed by atoms with E-state index in [9.17, 15) is 0 Å². The first-order chi connectivity index (χ1) is 8.12. The molecule has 1 rings (SSSR count). The van der Waals surface area contributed by atoms with Crippen LogP contribution in [0.3, 0.4) is 0 Å². The van der Waals surface area contributed by atoms with E-state index in [1.165, 1.54) is 16.7 Å². The van der Waals surface area contributed by atoms with Crippen molar-refractivity contribution in [1.82, 2.24) is 5.32 Å². The summed E-state index contributed by atoms with van der Waals surface area (Å²) in [5.41, 5.74) is 10.1. The van der Waals surface area contributed by atoms with Crippen LogP contribution in [-0.4, -0.2) is 18.6 Å². The van der Waals surface area contributed by atoms with Crippen LogP contribution in [-0.2, 0) is 5.41 Å². The highest BCUT2D eigenvalue weighted by molar-refractivity contribution is 5.36. The van der Waals surface area contributed by atoms with Gasteiger partial charge in [-0.1, -0.05) is 37.6 Å². The van der Waals surface area contributed by atoms with Crippen LogP contribution in [0.5, 0.6) is 0 Å². The molecule has 0 heterocycles. The van der Waals surface area contributed by atoms with E-state index in [0.717, 1.165) is 13.1 Å². The van der Waals surface area contributed by atoms with Gasteiger partial charge in [-0.3, -0.25) is 0 Å². The fourth-order valence-electron chi connectivity index (χ4n) is 2.26. The van der Waals surface area contributed by atoms with Gasteiger partial charge in [0, 0.05) is 24.0 Å². The van der Waals surface area contributed by atoms with Crippen molar-refractivity contribution in [3.05, 3.63) is 34.9 Å². The van der Waals surface area contributed by atoms with Gasteiger partial charge in [-0.25, -0.2) is 0 Å². The highest BCUT2D eigenvalue weighted by atomic mass is 14.9. The van der Waals surface area contributed by atoms with Crippen molar-refractivity contribution in [2.24, 2.45) is 5.73 Å². The molecular formula is C16H28N2. The van der Waals surface area contributed by atoms with Gasteiger partial charge in [0.2, 0.25) is 0 Å². The van der Waals surface area contributed by atoms with E-state index >= 15 is 0 Å². The van der Waals surface area contributed by atoms with Crippen molar-refractivity contribution in [3.63, 3.8) is 0 Å². The van der Waals surface area contributed by atoms with Crippen LogP contribution in [0.4, 0.5) is 0 Å². The average Bonchev–Trinajstić information content (AvgIpc) is 2.19. The van der Waals surface area contributed by atoms with Gasteiger partial charge < -0.3 is 11.1 Å². The summed E-state index contributed by atoms with van der Waals surface area (Å²) in [6, 6.07) is 6.68. The standard InChI is InChI=1S/C16H28N2/c1-12-7-8-13(2)14(9-12)15(3,4)10-18-11-16(5,6)17/h7-9,18H,10-11,17H2,1-6H3. The van der Waals surface area contributed by atoms with Crippen molar-refractivity contribution in [3.8, 4) is 0 Å². The number of nitrogens with two attached hydrogens (primary N) is 1. The zero-order chi connectivity index (χ0) is 14.0. The molecule has 0 bridgehead atoms. The van der Waals surface area contributed by atoms with Gasteiger partial charge in [0.25, 0.3) is 0 Å². The smallest absolute Gasteiger partial charge is 0.0223 e. The van der Waals surface area contributed by atoms with Crippen LogP contribution in [0.25, 0.3) is 0 Å². The van der Waals surface area contributed by atoms with E-state index in [0.29, 0.717) is 0 Å². The summed E-state index contributed by atoms with van der Waals surface area (Å²) in [6.07, 6.45) is 0. The molecule has 0 aromatic heterocycles. The average molecular weight is 248 g/mol. The largest absolute Gasteiger partial charge is 0.324 e. The maximum atomic E-state index is 6.00. The molecule has 0 atom stereocenters. The molecular weight excluding hydrogens is 220 g/mol. The van der Waals surface area contributed by atoms with Crippen LogP contribution in [0.15, 0.2) is 18.2 Å². The normalized spacial score (nSPS) is 12.8. The summed E-state index contributed by atoms with van der Waals surface area (Å²) in [7, 11) is 0. The first kappa shape index (κ1) is 15.2. The number of nitrogens with one attached hydrogen (secondary N) is 1. The van der Waals surface area contributed by atoms with E-state index in [1.54, 1.807) is 0 Å². The maximum Gasteiger partial charge on any atom is 0.0223 e. The summed E-state index contributed by atoms with van der Waals surface area (Å²) >= 11 is 0. The molecule has 0 saturated heterocycles. The third-order valence-electron chi connectivity index (χ3n) is 3.27. The Morgan fingerprint density at radius 3 is 2.22 bits per heavy atom. The predicted molar refractivity (Wildman–Crippen MR) is 80.1 cm³/mol. The monoisotopic (exact) mass is 248 g/mol. The van der Waals surface area contributed by atoms with Crippen molar-refractivity contribution < 1.29 is 0 Å². The fraction of sp³-hybridized carbons (Fsp3) is 0.625. The topological polar surface area (TPSA) is 38.0 Å². The maximum absolute atomic E-state index is 6.00. The molecule has 0 radical (unpaired) electrons. The lowest BCUT2D eigenvalue weighted by Crippen LogP contribution is -2.46. The van der Waals surface area contributed by atoms with E-state index < -0.39 is 0 Å². The van der Waals surface area contributed by atoms with Gasteiger partial charge in [-0.2, -0.15) is 0 Å². The number of hydrogen-bond donors (Lipinski definition) is 2. The number of hydrogen-bond acceptors (Lipinski definition) is 2. The van der Waals surface area contributed by atoms with Crippen molar-refractivity contribution in [2.75, 3.05) is 13.1 Å². The third-order valence-corrected chi connectivity index (χ3v) is 3.27. The molecule has 0 amide bonds. The minimum Gasteiger partial charge on any atom is -0.324 e. The van der Waals surface area contributed by atoms with Crippen LogP contribution >= 0.6 is 0 Å². The van der Waals surface area contributed by atoms with Crippen molar-refractivity contribution in [1.29, 1.82) is 0 Å². The Morgan fingerprint density at radius 2 is 1.67 bits per heavy atom. The zero-order valence-corrected chi connectivity index (χ0v) is 12.7. The predicted octanol–water partition coefficient (Wildman–Crippen LogP) is 2.91. The summed E-state index contributed by atoms with van der Waals surface area (Å²) in [5, 5.41) is 3.49. The lowest BCUT2D eigenvalue weighted by atomic mass is 9.81. The van der Waals surface area contributed by atoms with Gasteiger partial charge in [-0.05, 0) is 38.8 Å². The summed E-state index contributed by atoms with van der Waals surface area (Å²) in [5.74, 6) is 0. The quantitative estimate of drug-likeness (QED) is 0.841. The summed E-state index contributed by atoms with van der Waals surface area (Å²) in [4.78, 5) is 0. The van der Waals surface area contributed by atoms with Gasteiger partial charge in [0.05, 0.1) is 0 Å². The molecule has 0 aliphatic heterocycles. The highest BCUT2D eigenvalue weighted by Crippen LogP contribution is 2.26. The molecule has 3 N–H and O–H groups in total. The lowest BCUT2D eigenvalue weighted by Gasteiger charge is -2.30. The molecule has 2 nitrogen and oxygen atoms in total. The van der Waals surface area contributed by atoms with Crippen LogP contribution in [0.1, 0.15) is 44.4 Å². The Hall–Kier alpha value is -0.860. The number of benzene rings is 1. The Kier molecular flexibility index (Phi) is 4.57. The first-order valence-corrected chi connectivity index (χ1v) is 6.69. The molecule has 2 heteroatoms. The minimum absolute atomic E-state index is 0.126. The Morgan fingerprint density at radius 1 is 1.06 bits per heavy atom. The van der Waals surface area contributed by atoms with Crippen LogP contribution in [0, 0.1) is 13.8 Å². The molecule has 102 valence electrons. The molecule has 0 unspecified atom stereocenters. The van der Waals surface area contributed by atoms with Gasteiger partial charge in [-0.15, -0.1) is 0 Å². The Bertz CT molecular complexity index is 400. The van der Waals surface area contributed by atoms with E-state index in [4.69, 9.17) is 5.73 Å². The summed E-state index contributed by atoms with van der Waals surface area (Å²) < 4.78 is 0. The molecule has 0 saturated carbocycles. The van der Waals surface area contributed by atoms with Gasteiger partial charge in [0.1, 0.15) is 0 Å². The zero-order valence-electron chi connectivity index (χ0n) is 12.7. The number of rotatable bonds is 5.